The second kappa shape index (κ2) is 7.66. The van der Waals surface area contributed by atoms with Crippen LogP contribution in [0.4, 0.5) is 5.69 Å². The first-order valence-corrected chi connectivity index (χ1v) is 7.34. The largest absolute Gasteiger partial charge is 0.494 e. The fourth-order valence-electron chi connectivity index (χ4n) is 2.16. The first kappa shape index (κ1) is 16.1. The van der Waals surface area contributed by atoms with Crippen LogP contribution in [0, 0.1) is 6.92 Å². The molecule has 0 aliphatic rings. The van der Waals surface area contributed by atoms with Gasteiger partial charge in [0.25, 0.3) is 0 Å². The molecule has 1 amide bonds. The van der Waals surface area contributed by atoms with Gasteiger partial charge in [0.15, 0.2) is 0 Å². The van der Waals surface area contributed by atoms with Crippen molar-refractivity contribution in [1.29, 1.82) is 0 Å². The van der Waals surface area contributed by atoms with Crippen molar-refractivity contribution >= 4 is 11.6 Å². The lowest BCUT2D eigenvalue weighted by molar-refractivity contribution is -0.116. The summed E-state index contributed by atoms with van der Waals surface area (Å²) in [7, 11) is 0. The van der Waals surface area contributed by atoms with Crippen molar-refractivity contribution in [3.05, 3.63) is 47.4 Å². The molecule has 118 valence electrons. The fourth-order valence-corrected chi connectivity index (χ4v) is 2.16. The summed E-state index contributed by atoms with van der Waals surface area (Å²) >= 11 is 0. The zero-order valence-electron chi connectivity index (χ0n) is 12.9. The van der Waals surface area contributed by atoms with Crippen LogP contribution in [0.15, 0.2) is 34.7 Å². The summed E-state index contributed by atoms with van der Waals surface area (Å²) < 4.78 is 10.8. The minimum atomic E-state index is -0.134. The Morgan fingerprint density at radius 1 is 1.32 bits per heavy atom. The third-order valence-corrected chi connectivity index (χ3v) is 3.21. The molecular weight excluding hydrogens is 282 g/mol. The topological polar surface area (TPSA) is 71.7 Å². The van der Waals surface area contributed by atoms with Crippen molar-refractivity contribution in [2.24, 2.45) is 0 Å². The number of anilines is 1. The second-order valence-electron chi connectivity index (χ2n) is 4.97. The van der Waals surface area contributed by atoms with Gasteiger partial charge < -0.3 is 19.6 Å². The van der Waals surface area contributed by atoms with E-state index in [1.807, 2.05) is 26.0 Å². The van der Waals surface area contributed by atoms with Crippen LogP contribution in [0.3, 0.4) is 0 Å². The summed E-state index contributed by atoms with van der Waals surface area (Å²) in [6.45, 7) is 4.15. The minimum Gasteiger partial charge on any atom is -0.494 e. The zero-order valence-corrected chi connectivity index (χ0v) is 12.9. The Labute approximate surface area is 129 Å². The van der Waals surface area contributed by atoms with Crippen molar-refractivity contribution in [3.8, 4) is 5.75 Å². The molecule has 0 spiro atoms. The van der Waals surface area contributed by atoms with Crippen molar-refractivity contribution < 1.29 is 19.1 Å². The molecule has 5 nitrogen and oxygen atoms in total. The molecule has 2 aromatic rings. The zero-order chi connectivity index (χ0) is 15.9. The predicted molar refractivity (Wildman–Crippen MR) is 83.9 cm³/mol. The van der Waals surface area contributed by atoms with Gasteiger partial charge in [0, 0.05) is 24.1 Å². The number of hydrogen-bond acceptors (Lipinski definition) is 4. The van der Waals surface area contributed by atoms with Crippen LogP contribution in [0.5, 0.6) is 5.75 Å². The molecule has 0 bridgehead atoms. The van der Waals surface area contributed by atoms with E-state index < -0.39 is 0 Å². The van der Waals surface area contributed by atoms with Crippen molar-refractivity contribution in [1.82, 2.24) is 0 Å². The fraction of sp³-hybridized carbons (Fsp3) is 0.353. The van der Waals surface area contributed by atoms with Crippen LogP contribution in [-0.4, -0.2) is 17.6 Å². The normalized spacial score (nSPS) is 10.5. The van der Waals surface area contributed by atoms with E-state index in [0.717, 1.165) is 11.5 Å². The van der Waals surface area contributed by atoms with E-state index in [0.29, 0.717) is 36.4 Å². The predicted octanol–water partition coefficient (Wildman–Crippen LogP) is 3.05. The lowest BCUT2D eigenvalue weighted by Crippen LogP contribution is -2.12. The van der Waals surface area contributed by atoms with Crippen LogP contribution < -0.4 is 10.1 Å². The van der Waals surface area contributed by atoms with Gasteiger partial charge in [-0.1, -0.05) is 0 Å². The lowest BCUT2D eigenvalue weighted by atomic mass is 10.1. The van der Waals surface area contributed by atoms with Crippen molar-refractivity contribution in [3.63, 3.8) is 0 Å². The number of aliphatic hydroxyl groups excluding tert-OH is 1. The number of rotatable bonds is 7. The Hall–Kier alpha value is -2.27. The third kappa shape index (κ3) is 4.36. The molecule has 0 fully saturated rings. The second-order valence-corrected chi connectivity index (χ2v) is 4.97. The molecule has 2 rings (SSSR count). The Balaban J connectivity index is 1.93. The number of carbonyl (C=O) groups is 1. The van der Waals surface area contributed by atoms with Gasteiger partial charge in [-0.2, -0.15) is 0 Å². The average molecular weight is 303 g/mol. The Bertz CT molecular complexity index is 633. The molecular formula is C17H21NO4. The van der Waals surface area contributed by atoms with E-state index in [2.05, 4.69) is 5.32 Å². The maximum absolute atomic E-state index is 12.0. The van der Waals surface area contributed by atoms with Gasteiger partial charge >= 0.3 is 0 Å². The lowest BCUT2D eigenvalue weighted by Gasteiger charge is -2.11. The number of furan rings is 1. The maximum Gasteiger partial charge on any atom is 0.224 e. The van der Waals surface area contributed by atoms with Gasteiger partial charge in [-0.15, -0.1) is 0 Å². The molecule has 0 unspecified atom stereocenters. The number of hydrogen-bond donors (Lipinski definition) is 2. The number of aliphatic hydroxyl groups is 1. The Morgan fingerprint density at radius 2 is 2.14 bits per heavy atom. The van der Waals surface area contributed by atoms with E-state index >= 15 is 0 Å². The summed E-state index contributed by atoms with van der Waals surface area (Å²) in [5.74, 6) is 2.18. The maximum atomic E-state index is 12.0. The first-order valence-electron chi connectivity index (χ1n) is 7.34. The molecule has 2 N–H and O–H groups in total. The van der Waals surface area contributed by atoms with Gasteiger partial charge in [0.2, 0.25) is 5.91 Å². The highest BCUT2D eigenvalue weighted by atomic mass is 16.5. The molecule has 0 saturated heterocycles. The number of ether oxygens (including phenoxy) is 1. The first-order chi connectivity index (χ1) is 10.6. The Kier molecular flexibility index (Phi) is 5.61. The summed E-state index contributed by atoms with van der Waals surface area (Å²) in [6, 6.07) is 9.00. The van der Waals surface area contributed by atoms with Crippen molar-refractivity contribution in [2.45, 2.75) is 33.3 Å². The van der Waals surface area contributed by atoms with Gasteiger partial charge in [-0.05, 0) is 44.2 Å². The average Bonchev–Trinajstić information content (AvgIpc) is 2.92. The van der Waals surface area contributed by atoms with E-state index in [1.165, 1.54) is 0 Å². The van der Waals surface area contributed by atoms with Crippen LogP contribution in [0.2, 0.25) is 0 Å². The summed E-state index contributed by atoms with van der Waals surface area (Å²) in [4.78, 5) is 12.0. The van der Waals surface area contributed by atoms with Gasteiger partial charge in [-0.25, -0.2) is 0 Å². The summed E-state index contributed by atoms with van der Waals surface area (Å²) in [6.07, 6.45) is 0.901. The number of amides is 1. The molecule has 0 radical (unpaired) electrons. The molecule has 1 aromatic carbocycles. The smallest absolute Gasteiger partial charge is 0.224 e. The number of carbonyl (C=O) groups excluding carboxylic acids is 1. The third-order valence-electron chi connectivity index (χ3n) is 3.21. The molecule has 0 saturated carbocycles. The van der Waals surface area contributed by atoms with Gasteiger partial charge in [-0.3, -0.25) is 4.79 Å². The van der Waals surface area contributed by atoms with Crippen LogP contribution in [-0.2, 0) is 17.8 Å². The highest BCUT2D eigenvalue weighted by molar-refractivity contribution is 5.91. The quantitative estimate of drug-likeness (QED) is 0.824. The summed E-state index contributed by atoms with van der Waals surface area (Å²) in [5.41, 5.74) is 1.30. The molecule has 1 heterocycles. The van der Waals surface area contributed by atoms with Gasteiger partial charge in [0.05, 0.1) is 13.2 Å². The van der Waals surface area contributed by atoms with Crippen LogP contribution >= 0.6 is 0 Å². The van der Waals surface area contributed by atoms with E-state index in [4.69, 9.17) is 9.15 Å². The summed E-state index contributed by atoms with van der Waals surface area (Å²) in [5, 5.41) is 12.2. The van der Waals surface area contributed by atoms with Gasteiger partial charge in [0.1, 0.15) is 17.3 Å². The van der Waals surface area contributed by atoms with E-state index in [9.17, 15) is 9.90 Å². The molecule has 22 heavy (non-hydrogen) atoms. The number of aryl methyl sites for hydroxylation is 2. The Morgan fingerprint density at radius 3 is 2.77 bits per heavy atom. The molecule has 0 atom stereocenters. The minimum absolute atomic E-state index is 0.0953. The van der Waals surface area contributed by atoms with E-state index in [-0.39, 0.29) is 12.5 Å². The van der Waals surface area contributed by atoms with Crippen molar-refractivity contribution in [2.75, 3.05) is 11.9 Å². The SMILES string of the molecule is CCOc1ccc(NC(=O)CCc2ccc(C)o2)cc1CO. The standard InChI is InChI=1S/C17H21NO4/c1-3-21-16-8-5-14(10-13(16)11-19)18-17(20)9-7-15-6-4-12(2)22-15/h4-6,8,10,19H,3,7,9,11H2,1-2H3,(H,18,20). The highest BCUT2D eigenvalue weighted by Gasteiger charge is 2.08. The van der Waals surface area contributed by atoms with Crippen LogP contribution in [0.25, 0.3) is 0 Å². The molecule has 0 aliphatic heterocycles. The van der Waals surface area contributed by atoms with E-state index in [1.54, 1.807) is 18.2 Å². The highest BCUT2D eigenvalue weighted by Crippen LogP contribution is 2.23. The van der Waals surface area contributed by atoms with Crippen LogP contribution in [0.1, 0.15) is 30.4 Å². The monoisotopic (exact) mass is 303 g/mol. The molecule has 0 aliphatic carbocycles. The molecule has 5 heteroatoms. The number of benzene rings is 1. The molecule has 1 aromatic heterocycles. The number of nitrogens with one attached hydrogen (secondary N) is 1.